The van der Waals surface area contributed by atoms with E-state index in [0.717, 1.165) is 13.2 Å². The van der Waals surface area contributed by atoms with E-state index in [0.29, 0.717) is 30.6 Å². The second kappa shape index (κ2) is 3.88. The predicted molar refractivity (Wildman–Crippen MR) is 54.9 cm³/mol. The van der Waals surface area contributed by atoms with E-state index in [-0.39, 0.29) is 0 Å². The largest absolute Gasteiger partial charge is 0.379 e. The average molecular weight is 194 g/mol. The van der Waals surface area contributed by atoms with Gasteiger partial charge in [-0.3, -0.25) is 4.90 Å². The van der Waals surface area contributed by atoms with E-state index in [4.69, 9.17) is 11.3 Å². The van der Waals surface area contributed by atoms with E-state index < -0.39 is 0 Å². The third kappa shape index (κ3) is 1.53. The van der Waals surface area contributed by atoms with Gasteiger partial charge in [-0.2, -0.15) is 0 Å². The zero-order chi connectivity index (χ0) is 10.1. The SMILES string of the molecule is [C-]#[N+]C[C@@H]1COC[C@H]2C[C@@H]1N2C(C)C. The Bertz CT molecular complexity index is 246. The summed E-state index contributed by atoms with van der Waals surface area (Å²) < 4.78 is 5.61. The van der Waals surface area contributed by atoms with Gasteiger partial charge in [0.15, 0.2) is 0 Å². The maximum absolute atomic E-state index is 6.94. The third-order valence-corrected chi connectivity index (χ3v) is 3.43. The van der Waals surface area contributed by atoms with Crippen LogP contribution in [0.1, 0.15) is 20.3 Å². The second-order valence-electron chi connectivity index (χ2n) is 4.64. The Kier molecular flexibility index (Phi) is 2.76. The molecular formula is C11H18N2O. The van der Waals surface area contributed by atoms with Crippen LogP contribution >= 0.6 is 0 Å². The molecule has 3 aliphatic heterocycles. The lowest BCUT2D eigenvalue weighted by molar-refractivity contribution is -0.0303. The highest BCUT2D eigenvalue weighted by Crippen LogP contribution is 2.36. The molecule has 0 saturated carbocycles. The van der Waals surface area contributed by atoms with Crippen LogP contribution in [0.2, 0.25) is 0 Å². The summed E-state index contributed by atoms with van der Waals surface area (Å²) >= 11 is 0. The molecule has 0 aromatic carbocycles. The minimum Gasteiger partial charge on any atom is -0.379 e. The van der Waals surface area contributed by atoms with Gasteiger partial charge in [-0.25, -0.2) is 6.57 Å². The van der Waals surface area contributed by atoms with E-state index in [1.54, 1.807) is 0 Å². The summed E-state index contributed by atoms with van der Waals surface area (Å²) in [7, 11) is 0. The molecule has 0 aromatic rings. The van der Waals surface area contributed by atoms with Crippen LogP contribution in [-0.4, -0.2) is 42.8 Å². The standard InChI is InChI=1S/C11H18N2O/c1-8(2)13-10-4-11(13)9(5-12-3)6-14-7-10/h8-11H,4-7H2,1-2H3/t9-,10-,11+/m1/s1. The molecule has 0 amide bonds. The lowest BCUT2D eigenvalue weighted by Crippen LogP contribution is -2.61. The van der Waals surface area contributed by atoms with Gasteiger partial charge in [-0.1, -0.05) is 0 Å². The molecule has 2 bridgehead atoms. The van der Waals surface area contributed by atoms with Crippen LogP contribution < -0.4 is 0 Å². The van der Waals surface area contributed by atoms with Crippen molar-refractivity contribution in [3.05, 3.63) is 11.4 Å². The van der Waals surface area contributed by atoms with Gasteiger partial charge < -0.3 is 9.58 Å². The summed E-state index contributed by atoms with van der Waals surface area (Å²) in [5.74, 6) is 0.439. The topological polar surface area (TPSA) is 16.8 Å². The molecule has 0 spiro atoms. The minimum absolute atomic E-state index is 0.439. The molecule has 0 radical (unpaired) electrons. The molecular weight excluding hydrogens is 176 g/mol. The summed E-state index contributed by atoms with van der Waals surface area (Å²) in [6.45, 7) is 13.7. The van der Waals surface area contributed by atoms with Crippen molar-refractivity contribution in [3.63, 3.8) is 0 Å². The van der Waals surface area contributed by atoms with Gasteiger partial charge in [-0.05, 0) is 20.3 Å². The molecule has 0 N–H and O–H groups in total. The van der Waals surface area contributed by atoms with Crippen molar-refractivity contribution < 1.29 is 4.74 Å². The fourth-order valence-corrected chi connectivity index (χ4v) is 2.81. The van der Waals surface area contributed by atoms with Gasteiger partial charge in [0, 0.05) is 18.1 Å². The van der Waals surface area contributed by atoms with Crippen LogP contribution in [-0.2, 0) is 4.74 Å². The summed E-state index contributed by atoms with van der Waals surface area (Å²) in [5.41, 5.74) is 0. The Morgan fingerprint density at radius 3 is 2.93 bits per heavy atom. The number of hydrogen-bond acceptors (Lipinski definition) is 2. The summed E-state index contributed by atoms with van der Waals surface area (Å²) in [6.07, 6.45) is 1.23. The monoisotopic (exact) mass is 194 g/mol. The molecule has 0 aliphatic carbocycles. The van der Waals surface area contributed by atoms with Gasteiger partial charge >= 0.3 is 0 Å². The van der Waals surface area contributed by atoms with Crippen molar-refractivity contribution in [2.24, 2.45) is 5.92 Å². The molecule has 0 aromatic heterocycles. The van der Waals surface area contributed by atoms with E-state index in [2.05, 4.69) is 23.6 Å². The summed E-state index contributed by atoms with van der Waals surface area (Å²) in [5, 5.41) is 0. The van der Waals surface area contributed by atoms with Crippen LogP contribution in [0.5, 0.6) is 0 Å². The molecule has 3 atom stereocenters. The Morgan fingerprint density at radius 1 is 1.50 bits per heavy atom. The van der Waals surface area contributed by atoms with E-state index >= 15 is 0 Å². The van der Waals surface area contributed by atoms with Crippen LogP contribution in [0.4, 0.5) is 0 Å². The van der Waals surface area contributed by atoms with Crippen LogP contribution in [0.3, 0.4) is 0 Å². The molecule has 3 saturated heterocycles. The highest BCUT2D eigenvalue weighted by Gasteiger charge is 2.47. The first kappa shape index (κ1) is 9.95. The molecule has 3 aliphatic rings. The van der Waals surface area contributed by atoms with Crippen LogP contribution in [0.25, 0.3) is 4.85 Å². The first-order chi connectivity index (χ1) is 6.74. The molecule has 3 rings (SSSR count). The molecule has 3 heterocycles. The van der Waals surface area contributed by atoms with Gasteiger partial charge in [0.25, 0.3) is 0 Å². The van der Waals surface area contributed by atoms with Crippen molar-refractivity contribution in [1.82, 2.24) is 4.90 Å². The summed E-state index contributed by atoms with van der Waals surface area (Å²) in [4.78, 5) is 6.04. The Balaban J connectivity index is 2.05. The third-order valence-electron chi connectivity index (χ3n) is 3.43. The molecule has 3 heteroatoms. The van der Waals surface area contributed by atoms with Gasteiger partial charge in [0.1, 0.15) is 0 Å². The normalized spacial score (nSPS) is 37.4. The van der Waals surface area contributed by atoms with Gasteiger partial charge in [0.05, 0.1) is 19.1 Å². The fraction of sp³-hybridized carbons (Fsp3) is 0.909. The van der Waals surface area contributed by atoms with E-state index in [1.165, 1.54) is 6.42 Å². The number of fused-ring (bicyclic) bond motifs is 3. The first-order valence-electron chi connectivity index (χ1n) is 5.42. The van der Waals surface area contributed by atoms with Crippen molar-refractivity contribution in [1.29, 1.82) is 0 Å². The zero-order valence-corrected chi connectivity index (χ0v) is 8.94. The Morgan fingerprint density at radius 2 is 2.29 bits per heavy atom. The van der Waals surface area contributed by atoms with E-state index in [1.807, 2.05) is 0 Å². The van der Waals surface area contributed by atoms with Crippen molar-refractivity contribution >= 4 is 0 Å². The zero-order valence-electron chi connectivity index (χ0n) is 8.94. The molecule has 14 heavy (non-hydrogen) atoms. The molecule has 0 unspecified atom stereocenters. The molecule has 3 nitrogen and oxygen atoms in total. The Hall–Kier alpha value is -0.590. The predicted octanol–water partition coefficient (Wildman–Crippen LogP) is 1.40. The first-order valence-corrected chi connectivity index (χ1v) is 5.42. The van der Waals surface area contributed by atoms with Gasteiger partial charge in [-0.15, -0.1) is 0 Å². The van der Waals surface area contributed by atoms with Crippen molar-refractivity contribution in [2.45, 2.75) is 38.4 Å². The van der Waals surface area contributed by atoms with Crippen molar-refractivity contribution in [3.8, 4) is 0 Å². The van der Waals surface area contributed by atoms with E-state index in [9.17, 15) is 0 Å². The highest BCUT2D eigenvalue weighted by atomic mass is 16.5. The average Bonchev–Trinajstić information content (AvgIpc) is 2.34. The number of ether oxygens (including phenoxy) is 1. The lowest BCUT2D eigenvalue weighted by atomic mass is 9.83. The lowest BCUT2D eigenvalue weighted by Gasteiger charge is -2.50. The molecule has 3 fully saturated rings. The highest BCUT2D eigenvalue weighted by molar-refractivity contribution is 5.01. The maximum atomic E-state index is 6.94. The number of rotatable bonds is 2. The molecule has 78 valence electrons. The number of hydrogen-bond donors (Lipinski definition) is 0. The fourth-order valence-electron chi connectivity index (χ4n) is 2.81. The van der Waals surface area contributed by atoms with Crippen LogP contribution in [0.15, 0.2) is 0 Å². The smallest absolute Gasteiger partial charge is 0.221 e. The summed E-state index contributed by atoms with van der Waals surface area (Å²) in [6, 6.07) is 1.82. The van der Waals surface area contributed by atoms with Crippen LogP contribution in [0, 0.1) is 12.5 Å². The van der Waals surface area contributed by atoms with Crippen molar-refractivity contribution in [2.75, 3.05) is 19.8 Å². The minimum atomic E-state index is 0.439. The Labute approximate surface area is 85.9 Å². The number of nitrogens with zero attached hydrogens (tertiary/aromatic N) is 2. The van der Waals surface area contributed by atoms with Gasteiger partial charge in [0.2, 0.25) is 6.54 Å². The maximum Gasteiger partial charge on any atom is 0.221 e. The quantitative estimate of drug-likeness (QED) is 0.618. The second-order valence-corrected chi connectivity index (χ2v) is 4.64.